The van der Waals surface area contributed by atoms with Crippen molar-refractivity contribution in [3.8, 4) is 11.5 Å². The number of halogens is 1. The summed E-state index contributed by atoms with van der Waals surface area (Å²) in [7, 11) is 0. The quantitative estimate of drug-likeness (QED) is 0.207. The van der Waals surface area contributed by atoms with E-state index in [4.69, 9.17) is 21.1 Å². The van der Waals surface area contributed by atoms with Crippen LogP contribution in [0.25, 0.3) is 6.08 Å². The number of ether oxygens (including phenoxy) is 2. The maximum atomic E-state index is 13.1. The lowest BCUT2D eigenvalue weighted by molar-refractivity contribution is 0.0957. The minimum absolute atomic E-state index is 0.332. The van der Waals surface area contributed by atoms with Crippen LogP contribution in [0, 0.1) is 0 Å². The smallest absolute Gasteiger partial charge is 0.274 e. The molecule has 1 aromatic heterocycles. The van der Waals surface area contributed by atoms with E-state index in [0.717, 1.165) is 28.2 Å². The van der Waals surface area contributed by atoms with Crippen LogP contribution in [0.3, 0.4) is 0 Å². The van der Waals surface area contributed by atoms with Crippen molar-refractivity contribution in [1.29, 1.82) is 0 Å². The summed E-state index contributed by atoms with van der Waals surface area (Å²) in [5.74, 6) is 1.95. The largest absolute Gasteiger partial charge is 0.494 e. The molecular formula is C29H30ClN5O3. The fourth-order valence-electron chi connectivity index (χ4n) is 3.57. The Morgan fingerprint density at radius 2 is 1.39 bits per heavy atom. The fraction of sp³-hybridized carbons (Fsp3) is 0.207. The predicted molar refractivity (Wildman–Crippen MR) is 151 cm³/mol. The molecule has 38 heavy (non-hydrogen) atoms. The Hall–Kier alpha value is -4.30. The van der Waals surface area contributed by atoms with Crippen molar-refractivity contribution in [3.05, 3.63) is 101 Å². The molecule has 0 saturated carbocycles. The number of aromatic nitrogens is 3. The Morgan fingerprint density at radius 3 is 1.95 bits per heavy atom. The number of hydrogen-bond acceptors (Lipinski definition) is 7. The summed E-state index contributed by atoms with van der Waals surface area (Å²) < 4.78 is 12.3. The first-order chi connectivity index (χ1) is 18.5. The molecule has 196 valence electrons. The fourth-order valence-corrected chi connectivity index (χ4v) is 3.70. The standard InChI is InChI=1S/C29H30ClN5O3/c1-3-37-25-14-7-22(8-15-25)19-31-28-33-29(32-20-23-9-16-26(17-10-23)38-4-2)35(34-28)27(36)18-11-21-5-12-24(30)13-6-21/h5-18H,3-4,19-20H2,1-2H3,(H2,31,32,33,34). The van der Waals surface area contributed by atoms with Crippen molar-refractivity contribution < 1.29 is 14.3 Å². The number of nitrogens with zero attached hydrogens (tertiary/aromatic N) is 3. The highest BCUT2D eigenvalue weighted by Gasteiger charge is 2.15. The van der Waals surface area contributed by atoms with E-state index in [9.17, 15) is 4.79 Å². The van der Waals surface area contributed by atoms with Gasteiger partial charge < -0.3 is 20.1 Å². The van der Waals surface area contributed by atoms with Gasteiger partial charge in [-0.2, -0.15) is 9.67 Å². The van der Waals surface area contributed by atoms with Crippen molar-refractivity contribution in [3.63, 3.8) is 0 Å². The summed E-state index contributed by atoms with van der Waals surface area (Å²) in [4.78, 5) is 17.6. The van der Waals surface area contributed by atoms with Gasteiger partial charge in [-0.3, -0.25) is 4.79 Å². The molecule has 0 spiro atoms. The molecule has 0 aliphatic carbocycles. The lowest BCUT2D eigenvalue weighted by Crippen LogP contribution is -2.14. The summed E-state index contributed by atoms with van der Waals surface area (Å²) in [5, 5.41) is 11.5. The molecule has 3 aromatic carbocycles. The Labute approximate surface area is 227 Å². The normalized spacial score (nSPS) is 10.9. The van der Waals surface area contributed by atoms with Crippen LogP contribution in [0.15, 0.2) is 78.9 Å². The van der Waals surface area contributed by atoms with Crippen LogP contribution in [-0.4, -0.2) is 33.9 Å². The van der Waals surface area contributed by atoms with E-state index in [0.29, 0.717) is 43.2 Å². The molecule has 0 bridgehead atoms. The van der Waals surface area contributed by atoms with Crippen LogP contribution in [0.2, 0.25) is 5.02 Å². The zero-order valence-electron chi connectivity index (χ0n) is 21.4. The highest BCUT2D eigenvalue weighted by atomic mass is 35.5. The molecule has 4 rings (SSSR count). The lowest BCUT2D eigenvalue weighted by atomic mass is 10.2. The van der Waals surface area contributed by atoms with Gasteiger partial charge in [0.1, 0.15) is 11.5 Å². The Bertz CT molecular complexity index is 1350. The second-order valence-electron chi connectivity index (χ2n) is 8.25. The van der Waals surface area contributed by atoms with Gasteiger partial charge in [0.05, 0.1) is 13.2 Å². The van der Waals surface area contributed by atoms with Gasteiger partial charge in [0, 0.05) is 24.2 Å². The monoisotopic (exact) mass is 531 g/mol. The molecular weight excluding hydrogens is 502 g/mol. The first-order valence-corrected chi connectivity index (χ1v) is 12.8. The van der Waals surface area contributed by atoms with Crippen molar-refractivity contribution in [2.75, 3.05) is 23.8 Å². The van der Waals surface area contributed by atoms with Gasteiger partial charge >= 0.3 is 0 Å². The van der Waals surface area contributed by atoms with Crippen LogP contribution in [0.4, 0.5) is 11.9 Å². The van der Waals surface area contributed by atoms with E-state index in [2.05, 4.69) is 20.7 Å². The Kier molecular flexibility index (Phi) is 9.37. The summed E-state index contributed by atoms with van der Waals surface area (Å²) in [6.45, 7) is 6.07. The topological polar surface area (TPSA) is 90.3 Å². The van der Waals surface area contributed by atoms with Gasteiger partial charge in [-0.25, -0.2) is 0 Å². The van der Waals surface area contributed by atoms with E-state index in [-0.39, 0.29) is 5.91 Å². The SMILES string of the molecule is CCOc1ccc(CNc2nc(NCc3ccc(OCC)cc3)n(C(=O)C=Cc3ccc(Cl)cc3)n2)cc1. The number of hydrogen-bond donors (Lipinski definition) is 2. The number of allylic oxidation sites excluding steroid dienone is 1. The van der Waals surface area contributed by atoms with Crippen molar-refractivity contribution in [2.24, 2.45) is 0 Å². The molecule has 1 heterocycles. The summed E-state index contributed by atoms with van der Waals surface area (Å²) >= 11 is 5.96. The van der Waals surface area contributed by atoms with E-state index in [1.807, 2.05) is 74.5 Å². The van der Waals surface area contributed by atoms with Gasteiger partial charge in [-0.1, -0.05) is 48.0 Å². The van der Waals surface area contributed by atoms with Crippen molar-refractivity contribution in [2.45, 2.75) is 26.9 Å². The number of nitrogens with one attached hydrogen (secondary N) is 2. The Morgan fingerprint density at radius 1 is 0.842 bits per heavy atom. The van der Waals surface area contributed by atoms with Gasteiger partial charge in [0.25, 0.3) is 5.91 Å². The van der Waals surface area contributed by atoms with E-state index in [1.54, 1.807) is 18.2 Å². The van der Waals surface area contributed by atoms with Gasteiger partial charge in [-0.15, -0.1) is 5.10 Å². The first-order valence-electron chi connectivity index (χ1n) is 12.4. The third-order valence-electron chi connectivity index (χ3n) is 5.47. The van der Waals surface area contributed by atoms with E-state index >= 15 is 0 Å². The molecule has 0 atom stereocenters. The van der Waals surface area contributed by atoms with Gasteiger partial charge in [0.15, 0.2) is 0 Å². The molecule has 0 amide bonds. The maximum absolute atomic E-state index is 13.1. The molecule has 9 heteroatoms. The van der Waals surface area contributed by atoms with Gasteiger partial charge in [-0.05, 0) is 73.0 Å². The van der Waals surface area contributed by atoms with E-state index in [1.165, 1.54) is 10.8 Å². The van der Waals surface area contributed by atoms with Crippen LogP contribution in [0.5, 0.6) is 11.5 Å². The van der Waals surface area contributed by atoms with Crippen LogP contribution in [-0.2, 0) is 13.1 Å². The Balaban J connectivity index is 1.49. The molecule has 0 saturated heterocycles. The van der Waals surface area contributed by atoms with E-state index < -0.39 is 0 Å². The molecule has 0 unspecified atom stereocenters. The number of anilines is 2. The number of rotatable bonds is 12. The highest BCUT2D eigenvalue weighted by molar-refractivity contribution is 6.30. The number of carbonyl (C=O) groups is 1. The maximum Gasteiger partial charge on any atom is 0.274 e. The molecule has 8 nitrogen and oxygen atoms in total. The number of benzene rings is 3. The summed E-state index contributed by atoms with van der Waals surface area (Å²) in [6.07, 6.45) is 3.17. The predicted octanol–water partition coefficient (Wildman–Crippen LogP) is 6.31. The van der Waals surface area contributed by atoms with Crippen LogP contribution >= 0.6 is 11.6 Å². The zero-order valence-corrected chi connectivity index (χ0v) is 22.1. The third-order valence-corrected chi connectivity index (χ3v) is 5.73. The summed E-state index contributed by atoms with van der Waals surface area (Å²) in [6, 6.07) is 22.7. The van der Waals surface area contributed by atoms with Crippen molar-refractivity contribution >= 4 is 35.5 Å². The molecule has 2 N–H and O–H groups in total. The molecule has 4 aromatic rings. The third kappa shape index (κ3) is 7.60. The van der Waals surface area contributed by atoms with Crippen molar-refractivity contribution in [1.82, 2.24) is 14.8 Å². The highest BCUT2D eigenvalue weighted by Crippen LogP contribution is 2.17. The van der Waals surface area contributed by atoms with Crippen LogP contribution in [0.1, 0.15) is 35.3 Å². The average molecular weight is 532 g/mol. The second-order valence-corrected chi connectivity index (χ2v) is 8.69. The molecule has 0 aliphatic heterocycles. The molecule has 0 radical (unpaired) electrons. The second kappa shape index (κ2) is 13.3. The van der Waals surface area contributed by atoms with Crippen LogP contribution < -0.4 is 20.1 Å². The van der Waals surface area contributed by atoms with Gasteiger partial charge in [0.2, 0.25) is 11.9 Å². The minimum Gasteiger partial charge on any atom is -0.494 e. The first kappa shape index (κ1) is 26.8. The lowest BCUT2D eigenvalue weighted by Gasteiger charge is -2.07. The average Bonchev–Trinajstić information content (AvgIpc) is 3.35. The molecule has 0 aliphatic rings. The summed E-state index contributed by atoms with van der Waals surface area (Å²) in [5.41, 5.74) is 2.89. The molecule has 0 fully saturated rings. The zero-order chi connectivity index (χ0) is 26.7. The minimum atomic E-state index is -0.337. The number of carbonyl (C=O) groups excluding carboxylic acids is 1.